The minimum absolute atomic E-state index is 0.596. The summed E-state index contributed by atoms with van der Waals surface area (Å²) in [6.07, 6.45) is 1.81. The van der Waals surface area contributed by atoms with Crippen LogP contribution in [0.2, 0.25) is 0 Å². The molecule has 1 rings (SSSR count). The van der Waals surface area contributed by atoms with Gasteiger partial charge in [-0.05, 0) is 27.4 Å². The van der Waals surface area contributed by atoms with Crippen molar-refractivity contribution in [3.63, 3.8) is 0 Å². The van der Waals surface area contributed by atoms with Crippen LogP contribution >= 0.6 is 22.6 Å². The van der Waals surface area contributed by atoms with E-state index in [4.69, 9.17) is 9.47 Å². The van der Waals surface area contributed by atoms with Crippen molar-refractivity contribution >= 4 is 22.6 Å². The molecule has 3 heteroatoms. The fourth-order valence-corrected chi connectivity index (χ4v) is 1.58. The van der Waals surface area contributed by atoms with E-state index >= 15 is 0 Å². The second-order valence-corrected chi connectivity index (χ2v) is 3.85. The van der Waals surface area contributed by atoms with E-state index in [0.29, 0.717) is 13.2 Å². The summed E-state index contributed by atoms with van der Waals surface area (Å²) < 4.78 is 12.6. The molecule has 1 aromatic carbocycles. The highest BCUT2D eigenvalue weighted by Crippen LogP contribution is 2.12. The Balaban J connectivity index is 2.40. The van der Waals surface area contributed by atoms with Crippen LogP contribution in [-0.2, 0) is 11.3 Å². The average Bonchev–Trinajstić information content (AvgIpc) is 2.35. The molecule has 0 atom stereocenters. The first-order valence-corrected chi connectivity index (χ1v) is 6.17. The van der Waals surface area contributed by atoms with Crippen molar-refractivity contribution in [3.05, 3.63) is 52.1 Å². The summed E-state index contributed by atoms with van der Waals surface area (Å²) in [6, 6.07) is 7.86. The molecule has 1 aromatic rings. The van der Waals surface area contributed by atoms with E-state index in [2.05, 4.69) is 29.2 Å². The molecule has 0 unspecified atom stereocenters. The summed E-state index contributed by atoms with van der Waals surface area (Å²) in [5.74, 6) is 0.864. The fraction of sp³-hybridized carbons (Fsp3) is 0.231. The third kappa shape index (κ3) is 4.37. The third-order valence-electron chi connectivity index (χ3n) is 2.10. The topological polar surface area (TPSA) is 18.5 Å². The molecule has 86 valence electrons. The van der Waals surface area contributed by atoms with Crippen LogP contribution in [0.3, 0.4) is 0 Å². The highest BCUT2D eigenvalue weighted by Gasteiger charge is 1.96. The molecular weight excluding hydrogens is 315 g/mol. The zero-order valence-electron chi connectivity index (χ0n) is 9.28. The molecule has 16 heavy (non-hydrogen) atoms. The van der Waals surface area contributed by atoms with Crippen molar-refractivity contribution in [2.45, 2.75) is 6.61 Å². The first-order valence-electron chi connectivity index (χ1n) is 4.92. The maximum Gasteiger partial charge on any atom is 0.118 e. The number of halogens is 1. The van der Waals surface area contributed by atoms with E-state index in [1.807, 2.05) is 28.3 Å². The number of rotatable bonds is 6. The van der Waals surface area contributed by atoms with Crippen LogP contribution in [0.15, 0.2) is 46.6 Å². The smallest absolute Gasteiger partial charge is 0.118 e. The van der Waals surface area contributed by atoms with Crippen molar-refractivity contribution in [1.29, 1.82) is 0 Å². The minimum atomic E-state index is 0.596. The lowest BCUT2D eigenvalue weighted by atomic mass is 10.2. The highest BCUT2D eigenvalue weighted by atomic mass is 127. The Bertz CT molecular complexity index is 355. The van der Waals surface area contributed by atoms with Gasteiger partial charge in [-0.2, -0.15) is 0 Å². The number of ether oxygens (including phenoxy) is 2. The van der Waals surface area contributed by atoms with E-state index in [1.165, 1.54) is 0 Å². The molecule has 0 aliphatic rings. The van der Waals surface area contributed by atoms with Gasteiger partial charge in [-0.1, -0.05) is 47.4 Å². The molecule has 0 amide bonds. The molecule has 2 nitrogen and oxygen atoms in total. The third-order valence-corrected chi connectivity index (χ3v) is 2.90. The zero-order chi connectivity index (χ0) is 11.8. The first kappa shape index (κ1) is 13.3. The van der Waals surface area contributed by atoms with Gasteiger partial charge in [0.05, 0.1) is 20.3 Å². The molecular formula is C13H15IO2. The van der Waals surface area contributed by atoms with Crippen molar-refractivity contribution < 1.29 is 9.47 Å². The van der Waals surface area contributed by atoms with E-state index in [-0.39, 0.29) is 0 Å². The van der Waals surface area contributed by atoms with Crippen molar-refractivity contribution in [1.82, 2.24) is 0 Å². The van der Waals surface area contributed by atoms with Crippen LogP contribution in [0, 0.1) is 0 Å². The summed E-state index contributed by atoms with van der Waals surface area (Å²) in [6.45, 7) is 4.91. The summed E-state index contributed by atoms with van der Waals surface area (Å²) in [5, 5.41) is 0. The average molecular weight is 330 g/mol. The summed E-state index contributed by atoms with van der Waals surface area (Å²) >= 11 is 2.18. The standard InChI is InChI=1S/C13H15IO2/c1-3-11(8-14)9-16-10-12-4-6-13(15-2)7-5-12/h3-8H,1,9-10H2,2H3/b11-8+. The molecule has 0 N–H and O–H groups in total. The quantitative estimate of drug-likeness (QED) is 0.585. The van der Waals surface area contributed by atoms with Gasteiger partial charge in [-0.25, -0.2) is 0 Å². The zero-order valence-corrected chi connectivity index (χ0v) is 11.4. The highest BCUT2D eigenvalue weighted by molar-refractivity contribution is 14.1. The Labute approximate surface area is 110 Å². The summed E-state index contributed by atoms with van der Waals surface area (Å²) in [4.78, 5) is 0. The van der Waals surface area contributed by atoms with Gasteiger partial charge in [0, 0.05) is 0 Å². The Morgan fingerprint density at radius 1 is 1.38 bits per heavy atom. The van der Waals surface area contributed by atoms with Crippen LogP contribution in [0.25, 0.3) is 0 Å². The Morgan fingerprint density at radius 2 is 2.06 bits per heavy atom. The molecule has 0 aromatic heterocycles. The molecule has 0 heterocycles. The van der Waals surface area contributed by atoms with Crippen LogP contribution in [-0.4, -0.2) is 13.7 Å². The lowest BCUT2D eigenvalue weighted by Gasteiger charge is -2.05. The molecule has 0 spiro atoms. The molecule has 0 aliphatic heterocycles. The van der Waals surface area contributed by atoms with Gasteiger partial charge in [0.25, 0.3) is 0 Å². The summed E-state index contributed by atoms with van der Waals surface area (Å²) in [7, 11) is 1.66. The van der Waals surface area contributed by atoms with Gasteiger partial charge in [0.15, 0.2) is 0 Å². The fourth-order valence-electron chi connectivity index (χ4n) is 1.14. The van der Waals surface area contributed by atoms with E-state index in [9.17, 15) is 0 Å². The first-order chi connectivity index (χ1) is 7.80. The van der Waals surface area contributed by atoms with E-state index in [1.54, 1.807) is 13.2 Å². The lowest BCUT2D eigenvalue weighted by molar-refractivity contribution is 0.144. The normalized spacial score (nSPS) is 11.2. The lowest BCUT2D eigenvalue weighted by Crippen LogP contribution is -1.96. The van der Waals surface area contributed by atoms with Crippen molar-refractivity contribution in [2.24, 2.45) is 0 Å². The Hall–Kier alpha value is -0.810. The molecule has 0 radical (unpaired) electrons. The largest absolute Gasteiger partial charge is 0.497 e. The molecule has 0 bridgehead atoms. The molecule has 0 saturated heterocycles. The monoisotopic (exact) mass is 330 g/mol. The minimum Gasteiger partial charge on any atom is -0.497 e. The van der Waals surface area contributed by atoms with Crippen molar-refractivity contribution in [3.8, 4) is 5.75 Å². The number of benzene rings is 1. The van der Waals surface area contributed by atoms with Crippen LogP contribution in [0.1, 0.15) is 5.56 Å². The van der Waals surface area contributed by atoms with Crippen LogP contribution in [0.5, 0.6) is 5.75 Å². The second-order valence-electron chi connectivity index (χ2n) is 3.23. The molecule has 0 fully saturated rings. The van der Waals surface area contributed by atoms with Gasteiger partial charge < -0.3 is 9.47 Å². The number of methoxy groups -OCH3 is 1. The Morgan fingerprint density at radius 3 is 2.56 bits per heavy atom. The van der Waals surface area contributed by atoms with Gasteiger partial charge in [-0.3, -0.25) is 0 Å². The van der Waals surface area contributed by atoms with Gasteiger partial charge in [0.1, 0.15) is 5.75 Å². The van der Waals surface area contributed by atoms with Gasteiger partial charge in [0.2, 0.25) is 0 Å². The SMILES string of the molecule is C=C/C(=C\I)COCc1ccc(OC)cc1. The molecule has 0 saturated carbocycles. The van der Waals surface area contributed by atoms with Crippen LogP contribution in [0.4, 0.5) is 0 Å². The predicted molar refractivity (Wildman–Crippen MR) is 75.0 cm³/mol. The number of hydrogen-bond acceptors (Lipinski definition) is 2. The van der Waals surface area contributed by atoms with Gasteiger partial charge >= 0.3 is 0 Å². The van der Waals surface area contributed by atoms with Crippen molar-refractivity contribution in [2.75, 3.05) is 13.7 Å². The van der Waals surface area contributed by atoms with Gasteiger partial charge in [-0.15, -0.1) is 0 Å². The van der Waals surface area contributed by atoms with E-state index in [0.717, 1.165) is 16.9 Å². The van der Waals surface area contributed by atoms with E-state index < -0.39 is 0 Å². The maximum atomic E-state index is 5.55. The molecule has 0 aliphatic carbocycles. The second kappa shape index (κ2) is 7.46. The van der Waals surface area contributed by atoms with Crippen LogP contribution < -0.4 is 4.74 Å². The summed E-state index contributed by atoms with van der Waals surface area (Å²) in [5.41, 5.74) is 2.23. The number of hydrogen-bond donors (Lipinski definition) is 0. The maximum absolute atomic E-state index is 5.55. The predicted octanol–water partition coefficient (Wildman–Crippen LogP) is 3.72. The Kier molecular flexibility index (Phi) is 6.18.